The Kier molecular flexibility index (Phi) is 7.15. The van der Waals surface area contributed by atoms with E-state index in [9.17, 15) is 18.0 Å². The lowest BCUT2D eigenvalue weighted by atomic mass is 10.0. The van der Waals surface area contributed by atoms with E-state index in [1.165, 1.54) is 6.92 Å². The van der Waals surface area contributed by atoms with Crippen molar-refractivity contribution in [3.8, 4) is 0 Å². The first-order valence-electron chi connectivity index (χ1n) is 10.6. The predicted octanol–water partition coefficient (Wildman–Crippen LogP) is 1.21. The van der Waals surface area contributed by atoms with Crippen molar-refractivity contribution in [2.45, 2.75) is 50.0 Å². The Labute approximate surface area is 179 Å². The van der Waals surface area contributed by atoms with Gasteiger partial charge < -0.3 is 9.80 Å². The van der Waals surface area contributed by atoms with E-state index in [0.717, 1.165) is 43.5 Å². The van der Waals surface area contributed by atoms with Crippen molar-refractivity contribution >= 4 is 27.5 Å². The van der Waals surface area contributed by atoms with Gasteiger partial charge in [0.2, 0.25) is 21.8 Å². The van der Waals surface area contributed by atoms with Crippen LogP contribution in [0.2, 0.25) is 0 Å². The zero-order valence-electron chi connectivity index (χ0n) is 18.1. The van der Waals surface area contributed by atoms with Gasteiger partial charge in [-0.05, 0) is 62.4 Å². The molecule has 0 aliphatic carbocycles. The Bertz CT molecular complexity index is 900. The Balaban J connectivity index is 1.57. The van der Waals surface area contributed by atoms with Gasteiger partial charge in [-0.15, -0.1) is 0 Å². The summed E-state index contributed by atoms with van der Waals surface area (Å²) in [5, 5.41) is 0. The normalized spacial score (nSPS) is 19.6. The van der Waals surface area contributed by atoms with Crippen LogP contribution in [0.25, 0.3) is 0 Å². The minimum atomic E-state index is -3.62. The quantitative estimate of drug-likeness (QED) is 0.649. The minimum absolute atomic E-state index is 0.0300. The first kappa shape index (κ1) is 22.7. The summed E-state index contributed by atoms with van der Waals surface area (Å²) in [6.45, 7) is 4.07. The van der Waals surface area contributed by atoms with Crippen molar-refractivity contribution < 1.29 is 18.0 Å². The van der Waals surface area contributed by atoms with E-state index < -0.39 is 10.0 Å². The van der Waals surface area contributed by atoms with E-state index in [1.807, 2.05) is 0 Å². The maximum Gasteiger partial charge on any atom is 0.240 e. The van der Waals surface area contributed by atoms with Crippen LogP contribution in [0, 0.1) is 0 Å². The van der Waals surface area contributed by atoms with Gasteiger partial charge in [-0.3, -0.25) is 14.5 Å². The third-order valence-electron chi connectivity index (χ3n) is 5.86. The average Bonchev–Trinajstić information content (AvgIpc) is 3.18. The van der Waals surface area contributed by atoms with Gasteiger partial charge >= 0.3 is 0 Å². The van der Waals surface area contributed by atoms with Crippen molar-refractivity contribution in [1.82, 2.24) is 14.5 Å². The Morgan fingerprint density at radius 3 is 2.67 bits per heavy atom. The fourth-order valence-corrected chi connectivity index (χ4v) is 5.44. The molecule has 1 atom stereocenters. The molecular formula is C21H32N4O4S. The average molecular weight is 437 g/mol. The van der Waals surface area contributed by atoms with E-state index in [1.54, 1.807) is 42.1 Å². The number of nitrogens with one attached hydrogen (secondary N) is 1. The van der Waals surface area contributed by atoms with Crippen molar-refractivity contribution in [3.63, 3.8) is 0 Å². The SMILES string of the molecule is CC(=O)N1CCCc2cc(S(=O)(=O)NCCCN3CCCC3C(=O)N(C)C)ccc21. The molecular weight excluding hydrogens is 404 g/mol. The van der Waals surface area contributed by atoms with Gasteiger partial charge in [0.05, 0.1) is 10.9 Å². The summed E-state index contributed by atoms with van der Waals surface area (Å²) in [5.41, 5.74) is 1.69. The molecule has 166 valence electrons. The molecule has 3 rings (SSSR count). The summed E-state index contributed by atoms with van der Waals surface area (Å²) in [6.07, 6.45) is 4.07. The van der Waals surface area contributed by atoms with Crippen LogP contribution in [-0.2, 0) is 26.0 Å². The van der Waals surface area contributed by atoms with Crippen LogP contribution in [0.4, 0.5) is 5.69 Å². The summed E-state index contributed by atoms with van der Waals surface area (Å²) in [6, 6.07) is 4.88. The first-order chi connectivity index (χ1) is 14.2. The lowest BCUT2D eigenvalue weighted by Gasteiger charge is -2.29. The van der Waals surface area contributed by atoms with Gasteiger partial charge in [-0.2, -0.15) is 0 Å². The highest BCUT2D eigenvalue weighted by Crippen LogP contribution is 2.29. The molecule has 2 aliphatic rings. The largest absolute Gasteiger partial charge is 0.347 e. The van der Waals surface area contributed by atoms with Crippen LogP contribution >= 0.6 is 0 Å². The van der Waals surface area contributed by atoms with Gasteiger partial charge in [0.1, 0.15) is 0 Å². The molecule has 1 aromatic carbocycles. The van der Waals surface area contributed by atoms with Crippen LogP contribution in [0.15, 0.2) is 23.1 Å². The fraction of sp³-hybridized carbons (Fsp3) is 0.619. The molecule has 30 heavy (non-hydrogen) atoms. The number of nitrogens with zero attached hydrogens (tertiary/aromatic N) is 3. The Hall–Kier alpha value is -1.97. The topological polar surface area (TPSA) is 90.0 Å². The molecule has 1 aromatic rings. The highest BCUT2D eigenvalue weighted by molar-refractivity contribution is 7.89. The van der Waals surface area contributed by atoms with Crippen LogP contribution < -0.4 is 9.62 Å². The summed E-state index contributed by atoms with van der Waals surface area (Å²) in [7, 11) is -0.0876. The summed E-state index contributed by atoms with van der Waals surface area (Å²) >= 11 is 0. The van der Waals surface area contributed by atoms with Crippen molar-refractivity contribution in [2.75, 3.05) is 45.2 Å². The van der Waals surface area contributed by atoms with Crippen LogP contribution in [0.3, 0.4) is 0 Å². The molecule has 1 N–H and O–H groups in total. The number of hydrogen-bond donors (Lipinski definition) is 1. The summed E-state index contributed by atoms with van der Waals surface area (Å²) in [4.78, 5) is 29.8. The third kappa shape index (κ3) is 5.01. The monoisotopic (exact) mass is 436 g/mol. The zero-order chi connectivity index (χ0) is 21.9. The van der Waals surface area contributed by atoms with Crippen molar-refractivity contribution in [3.05, 3.63) is 23.8 Å². The van der Waals surface area contributed by atoms with Gasteiger partial charge in [-0.1, -0.05) is 0 Å². The number of aryl methyl sites for hydroxylation is 1. The van der Waals surface area contributed by atoms with Gasteiger partial charge in [-0.25, -0.2) is 13.1 Å². The second kappa shape index (κ2) is 9.45. The molecule has 0 aromatic heterocycles. The summed E-state index contributed by atoms with van der Waals surface area (Å²) in [5.74, 6) is 0.0828. The fourth-order valence-electron chi connectivity index (χ4n) is 4.31. The van der Waals surface area contributed by atoms with Crippen LogP contribution in [-0.4, -0.2) is 76.3 Å². The number of rotatable bonds is 7. The number of amides is 2. The Morgan fingerprint density at radius 2 is 1.97 bits per heavy atom. The Morgan fingerprint density at radius 1 is 1.20 bits per heavy atom. The molecule has 2 amide bonds. The zero-order valence-corrected chi connectivity index (χ0v) is 18.9. The summed E-state index contributed by atoms with van der Waals surface area (Å²) < 4.78 is 28.1. The molecule has 8 nitrogen and oxygen atoms in total. The number of carbonyl (C=O) groups excluding carboxylic acids is 2. The third-order valence-corrected chi connectivity index (χ3v) is 7.32. The molecule has 1 saturated heterocycles. The van der Waals surface area contributed by atoms with E-state index in [4.69, 9.17) is 0 Å². The molecule has 0 radical (unpaired) electrons. The molecule has 2 heterocycles. The number of anilines is 1. The number of carbonyl (C=O) groups is 2. The maximum absolute atomic E-state index is 12.7. The lowest BCUT2D eigenvalue weighted by Crippen LogP contribution is -2.43. The standard InChI is InChI=1S/C21H32N4O4S/c1-16(26)25-14-4-7-17-15-18(9-10-19(17)25)30(28,29)22-11-6-13-24-12-5-8-20(24)21(27)23(2)3/h9-10,15,20,22H,4-8,11-14H2,1-3H3. The van der Waals surface area contributed by atoms with Crippen molar-refractivity contribution in [2.24, 2.45) is 0 Å². The van der Waals surface area contributed by atoms with Crippen LogP contribution in [0.1, 0.15) is 38.2 Å². The maximum atomic E-state index is 12.7. The van der Waals surface area contributed by atoms with Crippen LogP contribution in [0.5, 0.6) is 0 Å². The molecule has 9 heteroatoms. The molecule has 1 fully saturated rings. The number of benzene rings is 1. The molecule has 0 saturated carbocycles. The molecule has 1 unspecified atom stereocenters. The minimum Gasteiger partial charge on any atom is -0.347 e. The van der Waals surface area contributed by atoms with E-state index in [-0.39, 0.29) is 22.8 Å². The molecule has 0 bridgehead atoms. The number of likely N-dealkylation sites (tertiary alicyclic amines) is 1. The number of hydrogen-bond acceptors (Lipinski definition) is 5. The second-order valence-electron chi connectivity index (χ2n) is 8.24. The number of likely N-dealkylation sites (N-methyl/N-ethyl adjacent to an activating group) is 1. The molecule has 2 aliphatic heterocycles. The van der Waals surface area contributed by atoms with Gasteiger partial charge in [0.15, 0.2) is 0 Å². The number of fused-ring (bicyclic) bond motifs is 1. The lowest BCUT2D eigenvalue weighted by molar-refractivity contribution is -0.133. The van der Waals surface area contributed by atoms with Gasteiger partial charge in [0, 0.05) is 46.3 Å². The van der Waals surface area contributed by atoms with E-state index >= 15 is 0 Å². The van der Waals surface area contributed by atoms with Crippen molar-refractivity contribution in [1.29, 1.82) is 0 Å². The smallest absolute Gasteiger partial charge is 0.240 e. The molecule has 0 spiro atoms. The highest BCUT2D eigenvalue weighted by atomic mass is 32.2. The number of sulfonamides is 1. The predicted molar refractivity (Wildman–Crippen MR) is 116 cm³/mol. The van der Waals surface area contributed by atoms with Gasteiger partial charge in [0.25, 0.3) is 0 Å². The second-order valence-corrected chi connectivity index (χ2v) is 10.0. The van der Waals surface area contributed by atoms with E-state index in [0.29, 0.717) is 26.1 Å². The highest BCUT2D eigenvalue weighted by Gasteiger charge is 2.31. The van der Waals surface area contributed by atoms with E-state index in [2.05, 4.69) is 9.62 Å². The first-order valence-corrected chi connectivity index (χ1v) is 12.0.